The molecule has 18 heteroatoms. The molecule has 49 heavy (non-hydrogen) atoms. The second-order valence-electron chi connectivity index (χ2n) is 12.2. The van der Waals surface area contributed by atoms with Gasteiger partial charge in [0.05, 0.1) is 19.5 Å². The zero-order valence-electron chi connectivity index (χ0n) is 26.7. The number of nitrogens with one attached hydrogen (secondary N) is 1. The molecule has 2 aromatic heterocycles. The first-order valence-electron chi connectivity index (χ1n) is 15.7. The van der Waals surface area contributed by atoms with Crippen molar-refractivity contribution in [1.82, 2.24) is 24.6 Å². The number of nitrogens with zero attached hydrogens (tertiary/aromatic N) is 4. The highest BCUT2D eigenvalue weighted by Gasteiger charge is 2.54. The number of aliphatic hydroxyl groups is 2. The SMILES string of the molecule is C[C@@H]1NP(=O)(Oc2cccc3ccccc23)OCC2OC(n3cnc4c(nc(N)nc43)OCCCCCC(F)(F)COC1=O)[C@](C)(O)[C@@H]2O. The molecule has 2 aliphatic rings. The van der Waals surface area contributed by atoms with Crippen molar-refractivity contribution in [3.63, 3.8) is 0 Å². The van der Waals surface area contributed by atoms with Crippen LogP contribution in [0.5, 0.6) is 11.6 Å². The van der Waals surface area contributed by atoms with Crippen molar-refractivity contribution in [3.8, 4) is 11.6 Å². The van der Waals surface area contributed by atoms with E-state index in [9.17, 15) is 28.4 Å². The normalized spacial score (nSPS) is 30.3. The highest BCUT2D eigenvalue weighted by molar-refractivity contribution is 7.52. The summed E-state index contributed by atoms with van der Waals surface area (Å²) in [5.41, 5.74) is 4.30. The number of nitrogen functional groups attached to an aromatic ring is 1. The number of anilines is 1. The fraction of sp³-hybridized carbons (Fsp3) is 0.484. The molecule has 5 N–H and O–H groups in total. The van der Waals surface area contributed by atoms with Gasteiger partial charge in [-0.3, -0.25) is 13.9 Å². The van der Waals surface area contributed by atoms with Crippen molar-refractivity contribution in [2.24, 2.45) is 0 Å². The van der Waals surface area contributed by atoms with E-state index in [4.69, 9.17) is 29.0 Å². The Morgan fingerprint density at radius 1 is 1.12 bits per heavy atom. The van der Waals surface area contributed by atoms with Crippen LogP contribution < -0.4 is 20.1 Å². The van der Waals surface area contributed by atoms with Gasteiger partial charge in [-0.1, -0.05) is 36.4 Å². The van der Waals surface area contributed by atoms with Gasteiger partial charge in [0.15, 0.2) is 24.0 Å². The summed E-state index contributed by atoms with van der Waals surface area (Å²) in [6.07, 6.45) is -2.58. The van der Waals surface area contributed by atoms with Gasteiger partial charge in [0.25, 0.3) is 5.92 Å². The molecule has 15 nitrogen and oxygen atoms in total. The van der Waals surface area contributed by atoms with Gasteiger partial charge in [0.1, 0.15) is 29.6 Å². The van der Waals surface area contributed by atoms with Crippen LogP contribution in [0.15, 0.2) is 48.8 Å². The van der Waals surface area contributed by atoms with Crippen LogP contribution in [0.25, 0.3) is 21.9 Å². The lowest BCUT2D eigenvalue weighted by Gasteiger charge is -2.27. The Labute approximate surface area is 279 Å². The van der Waals surface area contributed by atoms with Gasteiger partial charge in [-0.05, 0) is 44.6 Å². The lowest BCUT2D eigenvalue weighted by molar-refractivity contribution is -0.157. The fourth-order valence-electron chi connectivity index (χ4n) is 5.72. The third-order valence-corrected chi connectivity index (χ3v) is 9.98. The molecule has 6 atom stereocenters. The maximum atomic E-state index is 14.6. The lowest BCUT2D eigenvalue weighted by Crippen LogP contribution is -2.44. The van der Waals surface area contributed by atoms with Crippen LogP contribution in [0, 0.1) is 0 Å². The summed E-state index contributed by atoms with van der Waals surface area (Å²) in [7, 11) is -4.57. The van der Waals surface area contributed by atoms with Gasteiger partial charge in [-0.2, -0.15) is 15.1 Å². The van der Waals surface area contributed by atoms with Crippen LogP contribution >= 0.6 is 7.75 Å². The molecule has 6 bridgehead atoms. The average molecular weight is 707 g/mol. The first-order chi connectivity index (χ1) is 23.3. The molecule has 6 rings (SSSR count). The van der Waals surface area contributed by atoms with E-state index in [1.807, 2.05) is 12.1 Å². The van der Waals surface area contributed by atoms with Crippen LogP contribution in [-0.2, 0) is 23.4 Å². The van der Waals surface area contributed by atoms with Crippen LogP contribution in [-0.4, -0.2) is 85.3 Å². The van der Waals surface area contributed by atoms with Crippen molar-refractivity contribution >= 4 is 41.6 Å². The number of hydrogen-bond donors (Lipinski definition) is 4. The number of aliphatic hydroxyl groups excluding tert-OH is 1. The fourth-order valence-corrected chi connectivity index (χ4v) is 7.24. The number of ether oxygens (including phenoxy) is 3. The summed E-state index contributed by atoms with van der Waals surface area (Å²) in [4.78, 5) is 25.5. The predicted molar refractivity (Wildman–Crippen MR) is 171 cm³/mol. The Balaban J connectivity index is 1.33. The maximum Gasteiger partial charge on any atom is 0.459 e. The molecule has 0 spiro atoms. The zero-order valence-corrected chi connectivity index (χ0v) is 27.6. The van der Waals surface area contributed by atoms with Gasteiger partial charge in [0, 0.05) is 11.8 Å². The largest absolute Gasteiger partial charge is 0.476 e. The molecule has 1 saturated heterocycles. The third-order valence-electron chi connectivity index (χ3n) is 8.35. The number of aromatic nitrogens is 4. The van der Waals surface area contributed by atoms with Crippen LogP contribution in [0.1, 0.15) is 45.8 Å². The highest BCUT2D eigenvalue weighted by atomic mass is 31.2. The quantitative estimate of drug-likeness (QED) is 0.173. The minimum Gasteiger partial charge on any atom is -0.476 e. The van der Waals surface area contributed by atoms with Crippen molar-refractivity contribution < 1.29 is 51.6 Å². The van der Waals surface area contributed by atoms with Crippen molar-refractivity contribution in [1.29, 1.82) is 0 Å². The Hall–Kier alpha value is -3.99. The first kappa shape index (κ1) is 34.9. The minimum atomic E-state index is -4.57. The molecule has 1 fully saturated rings. The molecule has 2 aromatic carbocycles. The summed E-state index contributed by atoms with van der Waals surface area (Å²) in [6.45, 7) is 0.883. The zero-order chi connectivity index (χ0) is 35.0. The molecule has 0 radical (unpaired) electrons. The molecular weight excluding hydrogens is 669 g/mol. The number of nitrogens with two attached hydrogens (primary N) is 1. The van der Waals surface area contributed by atoms with Gasteiger partial charge in [-0.25, -0.2) is 18.3 Å². The summed E-state index contributed by atoms with van der Waals surface area (Å²) >= 11 is 0. The number of carbonyl (C=O) groups is 1. The lowest BCUT2D eigenvalue weighted by atomic mass is 9.96. The van der Waals surface area contributed by atoms with Crippen molar-refractivity contribution in [2.75, 3.05) is 25.6 Å². The van der Waals surface area contributed by atoms with Crippen molar-refractivity contribution in [2.45, 2.75) is 75.5 Å². The van der Waals surface area contributed by atoms with Crippen LogP contribution in [0.4, 0.5) is 14.7 Å². The second-order valence-corrected chi connectivity index (χ2v) is 13.9. The predicted octanol–water partition coefficient (Wildman–Crippen LogP) is 3.88. The molecule has 0 saturated carbocycles. The van der Waals surface area contributed by atoms with E-state index in [-0.39, 0.29) is 41.8 Å². The summed E-state index contributed by atoms with van der Waals surface area (Å²) in [5.74, 6) is -4.45. The molecule has 0 aliphatic carbocycles. The van der Waals surface area contributed by atoms with E-state index >= 15 is 0 Å². The Kier molecular flexibility index (Phi) is 9.77. The summed E-state index contributed by atoms with van der Waals surface area (Å²) in [6, 6.07) is 10.7. The average Bonchev–Trinajstić information content (AvgIpc) is 3.57. The van der Waals surface area contributed by atoms with Crippen LogP contribution in [0.2, 0.25) is 0 Å². The first-order valence-corrected chi connectivity index (χ1v) is 17.2. The molecular formula is C31H37F2N6O9P. The molecule has 4 heterocycles. The Morgan fingerprint density at radius 3 is 2.71 bits per heavy atom. The smallest absolute Gasteiger partial charge is 0.459 e. The molecule has 0 amide bonds. The Morgan fingerprint density at radius 2 is 1.90 bits per heavy atom. The van der Waals surface area contributed by atoms with Gasteiger partial charge in [0.2, 0.25) is 11.8 Å². The van der Waals surface area contributed by atoms with Gasteiger partial charge in [-0.15, -0.1) is 0 Å². The molecule has 3 unspecified atom stereocenters. The number of carbonyl (C=O) groups excluding carboxylic acids is 1. The topological polar surface area (TPSA) is 202 Å². The maximum absolute atomic E-state index is 14.6. The standard InChI is InChI=1S/C31H37F2N6O9P/c1-18-27(41)45-16-31(32,33)13-6-3-7-14-44-26-23-25(36-29(34)37-26)39(17-35-23)28-30(2,42)24(40)22(47-28)15-46-49(43,38-18)48-21-12-8-10-19-9-4-5-11-20(19)21/h4-5,8-12,17-18,22,24,28,40,42H,3,6-7,13-16H2,1-2H3,(H,38,43)(H2,34,36,37)/t18-,22?,24+,28?,30+,49?/m0/s1. The number of fused-ring (bicyclic) bond motifs is 4. The molecule has 264 valence electrons. The summed E-state index contributed by atoms with van der Waals surface area (Å²) < 4.78 is 73.3. The minimum absolute atomic E-state index is 0.0328. The van der Waals surface area contributed by atoms with Gasteiger partial charge >= 0.3 is 13.7 Å². The number of halogens is 2. The van der Waals surface area contributed by atoms with Gasteiger partial charge < -0.3 is 34.7 Å². The number of rotatable bonds is 2. The van der Waals surface area contributed by atoms with E-state index in [1.54, 1.807) is 24.3 Å². The summed E-state index contributed by atoms with van der Waals surface area (Å²) in [5, 5.41) is 26.4. The van der Waals surface area contributed by atoms with E-state index in [1.165, 1.54) is 30.8 Å². The molecule has 4 aromatic rings. The van der Waals surface area contributed by atoms with E-state index < -0.39 is 69.4 Å². The van der Waals surface area contributed by atoms with Crippen molar-refractivity contribution in [3.05, 3.63) is 48.8 Å². The Bertz CT molecular complexity index is 1870. The third kappa shape index (κ3) is 7.46. The van der Waals surface area contributed by atoms with E-state index in [0.717, 1.165) is 5.39 Å². The van der Waals surface area contributed by atoms with E-state index in [0.29, 0.717) is 18.2 Å². The highest BCUT2D eigenvalue weighted by Crippen LogP contribution is 2.48. The monoisotopic (exact) mass is 706 g/mol. The number of esters is 1. The number of cyclic esters (lactones) is 1. The number of hydrogen-bond acceptors (Lipinski definition) is 13. The number of imidazole rings is 1. The van der Waals surface area contributed by atoms with Crippen LogP contribution in [0.3, 0.4) is 0 Å². The second kappa shape index (κ2) is 13.7. The number of benzene rings is 2. The van der Waals surface area contributed by atoms with E-state index in [2.05, 4.69) is 20.0 Å². The molecule has 2 aliphatic heterocycles. The number of alkyl halides is 2.